The lowest BCUT2D eigenvalue weighted by Gasteiger charge is -2.16. The fraction of sp³-hybridized carbons (Fsp3) is 0.412. The summed E-state index contributed by atoms with van der Waals surface area (Å²) < 4.78 is 1.15. The number of halogens is 1. The highest BCUT2D eigenvalue weighted by molar-refractivity contribution is 9.10. The van der Waals surface area contributed by atoms with E-state index in [0.717, 1.165) is 16.9 Å². The van der Waals surface area contributed by atoms with Crippen molar-refractivity contribution in [2.45, 2.75) is 32.2 Å². The molecule has 0 spiro atoms. The van der Waals surface area contributed by atoms with Gasteiger partial charge in [0.15, 0.2) is 0 Å². The molecule has 1 N–H and O–H groups in total. The molecule has 1 aliphatic carbocycles. The maximum Gasteiger partial charge on any atom is 0.0443 e. The Morgan fingerprint density at radius 1 is 1.30 bits per heavy atom. The molecule has 0 bridgehead atoms. The Balaban J connectivity index is 1.81. The lowest BCUT2D eigenvalue weighted by molar-refractivity contribution is 0.488. The van der Waals surface area contributed by atoms with Crippen LogP contribution in [0.5, 0.6) is 0 Å². The molecule has 1 atom stereocenters. The van der Waals surface area contributed by atoms with E-state index in [-0.39, 0.29) is 0 Å². The summed E-state index contributed by atoms with van der Waals surface area (Å²) in [5.74, 6) is 0.857. The van der Waals surface area contributed by atoms with Gasteiger partial charge in [-0.3, -0.25) is 0 Å². The predicted molar refractivity (Wildman–Crippen MR) is 91.2 cm³/mol. The number of hydrogen-bond donors (Lipinski definition) is 1. The predicted octanol–water partition coefficient (Wildman–Crippen LogP) is 5.63. The summed E-state index contributed by atoms with van der Waals surface area (Å²) in [6.45, 7) is 3.35. The van der Waals surface area contributed by atoms with Crippen molar-refractivity contribution >= 4 is 27.3 Å². The molecule has 0 saturated heterocycles. The molecule has 106 valence electrons. The zero-order valence-electron chi connectivity index (χ0n) is 11.7. The van der Waals surface area contributed by atoms with Crippen LogP contribution in [0, 0.1) is 5.92 Å². The fourth-order valence-electron chi connectivity index (χ4n) is 2.55. The number of benzene rings is 1. The molecule has 3 heteroatoms. The molecular weight excluding hydrogens is 330 g/mol. The van der Waals surface area contributed by atoms with E-state index in [2.05, 4.69) is 64.6 Å². The smallest absolute Gasteiger partial charge is 0.0443 e. The quantitative estimate of drug-likeness (QED) is 0.712. The van der Waals surface area contributed by atoms with Crippen molar-refractivity contribution < 1.29 is 0 Å². The average molecular weight is 350 g/mol. The third kappa shape index (κ3) is 3.33. The molecule has 0 aliphatic heterocycles. The van der Waals surface area contributed by atoms with Crippen LogP contribution < -0.4 is 5.32 Å². The normalized spacial score (nSPS) is 16.3. The van der Waals surface area contributed by atoms with Crippen molar-refractivity contribution in [3.63, 3.8) is 0 Å². The Hall–Kier alpha value is -0.640. The van der Waals surface area contributed by atoms with E-state index < -0.39 is 0 Å². The van der Waals surface area contributed by atoms with Gasteiger partial charge in [-0.1, -0.05) is 35.0 Å². The van der Waals surface area contributed by atoms with Gasteiger partial charge in [0, 0.05) is 20.3 Å². The molecule has 1 unspecified atom stereocenters. The van der Waals surface area contributed by atoms with Gasteiger partial charge in [0.05, 0.1) is 0 Å². The first-order valence-corrected chi connectivity index (χ1v) is 8.98. The molecule has 1 nitrogen and oxygen atoms in total. The van der Waals surface area contributed by atoms with E-state index in [1.165, 1.54) is 34.6 Å². The van der Waals surface area contributed by atoms with E-state index in [1.807, 2.05) is 11.3 Å². The van der Waals surface area contributed by atoms with E-state index in [1.54, 1.807) is 0 Å². The van der Waals surface area contributed by atoms with Crippen molar-refractivity contribution in [2.24, 2.45) is 5.92 Å². The zero-order chi connectivity index (χ0) is 13.9. The number of nitrogens with one attached hydrogen (secondary N) is 1. The van der Waals surface area contributed by atoms with Crippen molar-refractivity contribution in [1.29, 1.82) is 0 Å². The number of thiophene rings is 1. The number of rotatable bonds is 6. The van der Waals surface area contributed by atoms with Gasteiger partial charge < -0.3 is 5.32 Å². The minimum absolute atomic E-state index is 0.570. The lowest BCUT2D eigenvalue weighted by atomic mass is 10.1. The SMILES string of the molecule is CCCNC(c1ccc(-c2cccc(Br)c2)s1)C1CC1. The topological polar surface area (TPSA) is 12.0 Å². The van der Waals surface area contributed by atoms with Crippen molar-refractivity contribution in [3.05, 3.63) is 45.7 Å². The van der Waals surface area contributed by atoms with Crippen LogP contribution in [0.3, 0.4) is 0 Å². The second-order valence-corrected chi connectivity index (χ2v) is 7.51. The summed E-state index contributed by atoms with van der Waals surface area (Å²) in [5.41, 5.74) is 1.31. The van der Waals surface area contributed by atoms with Gasteiger partial charge in [0.25, 0.3) is 0 Å². The molecule has 1 aromatic carbocycles. The fourth-order valence-corrected chi connectivity index (χ4v) is 4.12. The highest BCUT2D eigenvalue weighted by atomic mass is 79.9. The maximum atomic E-state index is 3.72. The molecular formula is C17H20BrNS. The molecule has 2 aromatic rings. The molecule has 0 amide bonds. The molecule has 1 aliphatic rings. The zero-order valence-corrected chi connectivity index (χ0v) is 14.1. The van der Waals surface area contributed by atoms with E-state index in [9.17, 15) is 0 Å². The molecule has 0 radical (unpaired) electrons. The monoisotopic (exact) mass is 349 g/mol. The van der Waals surface area contributed by atoms with Gasteiger partial charge in [0.1, 0.15) is 0 Å². The minimum Gasteiger partial charge on any atom is -0.309 e. The van der Waals surface area contributed by atoms with Crippen LogP contribution in [0.15, 0.2) is 40.9 Å². The van der Waals surface area contributed by atoms with E-state index in [0.29, 0.717) is 6.04 Å². The third-order valence-electron chi connectivity index (χ3n) is 3.75. The van der Waals surface area contributed by atoms with Crippen molar-refractivity contribution in [1.82, 2.24) is 5.32 Å². The van der Waals surface area contributed by atoms with Gasteiger partial charge in [0.2, 0.25) is 0 Å². The summed E-state index contributed by atoms with van der Waals surface area (Å²) in [6, 6.07) is 13.7. The van der Waals surface area contributed by atoms with Crippen molar-refractivity contribution in [2.75, 3.05) is 6.54 Å². The Kier molecular flexibility index (Phi) is 4.59. The highest BCUT2D eigenvalue weighted by Gasteiger charge is 2.32. The Morgan fingerprint density at radius 2 is 2.15 bits per heavy atom. The molecule has 1 aromatic heterocycles. The minimum atomic E-state index is 0.570. The summed E-state index contributed by atoms with van der Waals surface area (Å²) in [6.07, 6.45) is 3.96. The first kappa shape index (κ1) is 14.3. The van der Waals surface area contributed by atoms with Crippen LogP contribution in [0.2, 0.25) is 0 Å². The van der Waals surface area contributed by atoms with Crippen LogP contribution in [-0.2, 0) is 0 Å². The van der Waals surface area contributed by atoms with Crippen LogP contribution in [0.1, 0.15) is 37.1 Å². The second kappa shape index (κ2) is 6.42. The standard InChI is InChI=1S/C17H20BrNS/c1-2-10-19-17(12-6-7-12)16-9-8-15(20-16)13-4-3-5-14(18)11-13/h3-5,8-9,11-12,17,19H,2,6-7,10H2,1H3. The largest absolute Gasteiger partial charge is 0.309 e. The van der Waals surface area contributed by atoms with Gasteiger partial charge in [-0.2, -0.15) is 0 Å². The first-order valence-electron chi connectivity index (χ1n) is 7.37. The van der Waals surface area contributed by atoms with Gasteiger partial charge in [-0.05, 0) is 61.6 Å². The summed E-state index contributed by atoms with van der Waals surface area (Å²) in [5, 5.41) is 3.72. The highest BCUT2D eigenvalue weighted by Crippen LogP contribution is 2.44. The molecule has 1 saturated carbocycles. The summed E-state index contributed by atoms with van der Waals surface area (Å²) in [7, 11) is 0. The molecule has 3 rings (SSSR count). The van der Waals surface area contributed by atoms with Gasteiger partial charge >= 0.3 is 0 Å². The summed E-state index contributed by atoms with van der Waals surface area (Å²) in [4.78, 5) is 2.86. The van der Waals surface area contributed by atoms with Gasteiger partial charge in [-0.15, -0.1) is 11.3 Å². The van der Waals surface area contributed by atoms with E-state index >= 15 is 0 Å². The molecule has 20 heavy (non-hydrogen) atoms. The molecule has 1 heterocycles. The Labute approximate surface area is 133 Å². The Bertz CT molecular complexity index is 574. The number of hydrogen-bond acceptors (Lipinski definition) is 2. The van der Waals surface area contributed by atoms with Crippen molar-refractivity contribution in [3.8, 4) is 10.4 Å². The summed E-state index contributed by atoms with van der Waals surface area (Å²) >= 11 is 5.49. The van der Waals surface area contributed by atoms with E-state index in [4.69, 9.17) is 0 Å². The van der Waals surface area contributed by atoms with Crippen LogP contribution in [0.4, 0.5) is 0 Å². The van der Waals surface area contributed by atoms with Crippen LogP contribution >= 0.6 is 27.3 Å². The first-order chi connectivity index (χ1) is 9.78. The molecule has 1 fully saturated rings. The third-order valence-corrected chi connectivity index (χ3v) is 5.46. The Morgan fingerprint density at radius 3 is 2.85 bits per heavy atom. The van der Waals surface area contributed by atoms with Crippen LogP contribution in [-0.4, -0.2) is 6.54 Å². The average Bonchev–Trinajstić information content (AvgIpc) is 3.16. The van der Waals surface area contributed by atoms with Crippen LogP contribution in [0.25, 0.3) is 10.4 Å². The lowest BCUT2D eigenvalue weighted by Crippen LogP contribution is -2.22. The second-order valence-electron chi connectivity index (χ2n) is 5.48. The maximum absolute atomic E-state index is 3.72. The van der Waals surface area contributed by atoms with Gasteiger partial charge in [-0.25, -0.2) is 0 Å².